The number of aromatic nitrogens is 1. The van der Waals surface area contributed by atoms with Crippen LogP contribution in [0.2, 0.25) is 0 Å². The minimum atomic E-state index is -3.04. The Bertz CT molecular complexity index is 1130. The van der Waals surface area contributed by atoms with Gasteiger partial charge in [-0.2, -0.15) is 0 Å². The third kappa shape index (κ3) is 4.82. The number of benzene rings is 1. The first-order chi connectivity index (χ1) is 15.2. The lowest BCUT2D eigenvalue weighted by Gasteiger charge is -2.29. The van der Waals surface area contributed by atoms with Gasteiger partial charge < -0.3 is 15.0 Å². The van der Waals surface area contributed by atoms with Gasteiger partial charge in [-0.05, 0) is 24.3 Å². The molecule has 1 atom stereocenters. The van der Waals surface area contributed by atoms with E-state index in [-0.39, 0.29) is 43.6 Å². The van der Waals surface area contributed by atoms with Crippen molar-refractivity contribution in [1.82, 2.24) is 10.3 Å². The summed E-state index contributed by atoms with van der Waals surface area (Å²) >= 11 is 0. The van der Waals surface area contributed by atoms with Crippen LogP contribution >= 0.6 is 0 Å². The van der Waals surface area contributed by atoms with Gasteiger partial charge in [0.2, 0.25) is 5.91 Å². The second kappa shape index (κ2) is 8.73. The van der Waals surface area contributed by atoms with Gasteiger partial charge in [-0.25, -0.2) is 17.6 Å². The topological polar surface area (TPSA) is 109 Å². The third-order valence-electron chi connectivity index (χ3n) is 5.44. The fraction of sp³-hybridized carbons (Fsp3) is 0.381. The number of carbonyl (C=O) groups is 2. The SMILES string of the molecule is CC(=O)NCC1CN(c2ccc(-c3ccc(N4CCS(=O)(=O)CC4)c(F)c3)nc2)C(=O)O1. The number of ether oxygens (including phenoxy) is 1. The zero-order chi connectivity index (χ0) is 22.9. The maximum atomic E-state index is 14.7. The molecule has 170 valence electrons. The predicted octanol–water partition coefficient (Wildman–Crippen LogP) is 1.58. The number of nitrogens with one attached hydrogen (secondary N) is 1. The van der Waals surface area contributed by atoms with Gasteiger partial charge in [-0.3, -0.25) is 14.7 Å². The van der Waals surface area contributed by atoms with Gasteiger partial charge in [0.15, 0.2) is 9.84 Å². The third-order valence-corrected chi connectivity index (χ3v) is 7.05. The lowest BCUT2D eigenvalue weighted by molar-refractivity contribution is -0.119. The molecule has 11 heteroatoms. The number of sulfone groups is 1. The summed E-state index contributed by atoms with van der Waals surface area (Å²) in [7, 11) is -3.04. The van der Waals surface area contributed by atoms with E-state index in [2.05, 4.69) is 10.3 Å². The van der Waals surface area contributed by atoms with Crippen LogP contribution in [0.15, 0.2) is 36.5 Å². The summed E-state index contributed by atoms with van der Waals surface area (Å²) in [5.41, 5.74) is 2.00. The Labute approximate surface area is 185 Å². The van der Waals surface area contributed by atoms with Crippen LogP contribution in [0.1, 0.15) is 6.92 Å². The molecule has 1 unspecified atom stereocenters. The molecule has 2 saturated heterocycles. The van der Waals surface area contributed by atoms with Crippen LogP contribution in [0, 0.1) is 5.82 Å². The average molecular weight is 463 g/mol. The number of hydrogen-bond donors (Lipinski definition) is 1. The Kier molecular flexibility index (Phi) is 6.00. The number of anilines is 2. The van der Waals surface area contributed by atoms with E-state index in [0.717, 1.165) is 0 Å². The molecule has 3 heterocycles. The molecule has 1 aromatic carbocycles. The van der Waals surface area contributed by atoms with Crippen LogP contribution in [-0.4, -0.2) is 69.2 Å². The first kappa shape index (κ1) is 22.0. The van der Waals surface area contributed by atoms with Gasteiger partial charge >= 0.3 is 6.09 Å². The average Bonchev–Trinajstić information content (AvgIpc) is 3.13. The Morgan fingerprint density at radius 1 is 1.25 bits per heavy atom. The molecule has 2 aliphatic heterocycles. The number of rotatable bonds is 5. The minimum Gasteiger partial charge on any atom is -0.442 e. The maximum Gasteiger partial charge on any atom is 0.414 e. The summed E-state index contributed by atoms with van der Waals surface area (Å²) in [6, 6.07) is 8.12. The normalized spacial score (nSPS) is 20.2. The molecule has 2 aromatic rings. The number of pyridine rings is 1. The smallest absolute Gasteiger partial charge is 0.414 e. The number of amides is 2. The van der Waals surface area contributed by atoms with E-state index in [0.29, 0.717) is 22.6 Å². The van der Waals surface area contributed by atoms with E-state index >= 15 is 0 Å². The molecule has 1 aromatic heterocycles. The molecule has 1 N–H and O–H groups in total. The zero-order valence-corrected chi connectivity index (χ0v) is 18.3. The van der Waals surface area contributed by atoms with E-state index in [1.54, 1.807) is 29.2 Å². The lowest BCUT2D eigenvalue weighted by Crippen LogP contribution is -2.40. The Morgan fingerprint density at radius 2 is 2.00 bits per heavy atom. The van der Waals surface area contributed by atoms with Gasteiger partial charge in [0.05, 0.1) is 47.9 Å². The highest BCUT2D eigenvalue weighted by Crippen LogP contribution is 2.28. The molecular formula is C21H23FN4O5S. The largest absolute Gasteiger partial charge is 0.442 e. The number of cyclic esters (lactones) is 1. The first-order valence-electron chi connectivity index (χ1n) is 10.2. The van der Waals surface area contributed by atoms with Crippen LogP contribution in [0.3, 0.4) is 0 Å². The molecule has 0 saturated carbocycles. The van der Waals surface area contributed by atoms with Crippen molar-refractivity contribution in [3.63, 3.8) is 0 Å². The molecule has 9 nitrogen and oxygen atoms in total. The van der Waals surface area contributed by atoms with Crippen molar-refractivity contribution in [1.29, 1.82) is 0 Å². The van der Waals surface area contributed by atoms with Crippen LogP contribution in [0.5, 0.6) is 0 Å². The molecule has 0 spiro atoms. The van der Waals surface area contributed by atoms with Crippen molar-refractivity contribution in [3.05, 3.63) is 42.3 Å². The lowest BCUT2D eigenvalue weighted by atomic mass is 10.1. The van der Waals surface area contributed by atoms with Crippen LogP contribution in [-0.2, 0) is 19.4 Å². The van der Waals surface area contributed by atoms with Crippen molar-refractivity contribution >= 4 is 33.2 Å². The van der Waals surface area contributed by atoms with E-state index in [4.69, 9.17) is 4.74 Å². The molecule has 2 aliphatic rings. The highest BCUT2D eigenvalue weighted by molar-refractivity contribution is 7.91. The number of hydrogen-bond acceptors (Lipinski definition) is 7. The highest BCUT2D eigenvalue weighted by Gasteiger charge is 2.32. The van der Waals surface area contributed by atoms with E-state index < -0.39 is 27.9 Å². The zero-order valence-electron chi connectivity index (χ0n) is 17.5. The van der Waals surface area contributed by atoms with Crippen LogP contribution in [0.4, 0.5) is 20.6 Å². The molecular weight excluding hydrogens is 439 g/mol. The van der Waals surface area contributed by atoms with E-state index in [1.807, 2.05) is 0 Å². The van der Waals surface area contributed by atoms with Crippen molar-refractivity contribution < 1.29 is 27.1 Å². The number of nitrogens with zero attached hydrogens (tertiary/aromatic N) is 3. The van der Waals surface area contributed by atoms with Crippen LogP contribution in [0.25, 0.3) is 11.3 Å². The fourth-order valence-electron chi connectivity index (χ4n) is 3.69. The van der Waals surface area contributed by atoms with Gasteiger partial charge in [-0.15, -0.1) is 0 Å². The summed E-state index contributed by atoms with van der Waals surface area (Å²) in [4.78, 5) is 30.7. The van der Waals surface area contributed by atoms with Crippen LogP contribution < -0.4 is 15.1 Å². The Morgan fingerprint density at radius 3 is 2.62 bits per heavy atom. The first-order valence-corrected chi connectivity index (χ1v) is 12.0. The van der Waals surface area contributed by atoms with Crippen molar-refractivity contribution in [2.75, 3.05) is 47.5 Å². The molecule has 0 bridgehead atoms. The monoisotopic (exact) mass is 462 g/mol. The number of carbonyl (C=O) groups excluding carboxylic acids is 2. The highest BCUT2D eigenvalue weighted by atomic mass is 32.2. The van der Waals surface area contributed by atoms with E-state index in [9.17, 15) is 22.4 Å². The number of halogens is 1. The molecule has 0 aliphatic carbocycles. The van der Waals surface area contributed by atoms with Crippen molar-refractivity contribution in [2.24, 2.45) is 0 Å². The Balaban J connectivity index is 1.45. The summed E-state index contributed by atoms with van der Waals surface area (Å²) in [5, 5.41) is 2.62. The van der Waals surface area contributed by atoms with Gasteiger partial charge in [-0.1, -0.05) is 6.07 Å². The minimum absolute atomic E-state index is 0.0157. The molecule has 2 amide bonds. The van der Waals surface area contributed by atoms with Crippen molar-refractivity contribution in [2.45, 2.75) is 13.0 Å². The molecule has 4 rings (SSSR count). The maximum absolute atomic E-state index is 14.7. The quantitative estimate of drug-likeness (QED) is 0.719. The molecule has 2 fully saturated rings. The van der Waals surface area contributed by atoms with Gasteiger partial charge in [0, 0.05) is 25.6 Å². The summed E-state index contributed by atoms with van der Waals surface area (Å²) in [6.07, 6.45) is 0.546. The standard InChI is InChI=1S/C21H23FN4O5S/c1-14(27)23-12-17-13-26(21(28)31-17)16-3-4-19(24-11-16)15-2-5-20(18(22)10-15)25-6-8-32(29,30)9-7-25/h2-5,10-11,17H,6-9,12-13H2,1H3,(H,23,27). The molecule has 0 radical (unpaired) electrons. The summed E-state index contributed by atoms with van der Waals surface area (Å²) < 4.78 is 43.2. The summed E-state index contributed by atoms with van der Waals surface area (Å²) in [6.45, 7) is 2.44. The van der Waals surface area contributed by atoms with E-state index in [1.165, 1.54) is 24.1 Å². The predicted molar refractivity (Wildman–Crippen MR) is 117 cm³/mol. The second-order valence-corrected chi connectivity index (χ2v) is 10.1. The van der Waals surface area contributed by atoms with Gasteiger partial charge in [0.25, 0.3) is 0 Å². The fourth-order valence-corrected chi connectivity index (χ4v) is 4.89. The van der Waals surface area contributed by atoms with Crippen molar-refractivity contribution in [3.8, 4) is 11.3 Å². The van der Waals surface area contributed by atoms with Gasteiger partial charge in [0.1, 0.15) is 11.9 Å². The second-order valence-electron chi connectivity index (χ2n) is 7.76. The Hall–Kier alpha value is -3.21. The summed E-state index contributed by atoms with van der Waals surface area (Å²) in [5.74, 6) is -0.616. The molecule has 32 heavy (non-hydrogen) atoms.